The van der Waals surface area contributed by atoms with Crippen LogP contribution in [0, 0.1) is 0 Å². The third-order valence-electron chi connectivity index (χ3n) is 6.46. The quantitative estimate of drug-likeness (QED) is 0.221. The minimum Gasteiger partial charge on any atom is -0.299 e. The molecule has 4 heterocycles. The molecule has 4 aromatic carbocycles. The highest BCUT2D eigenvalue weighted by atomic mass is 32.1. The predicted octanol–water partition coefficient (Wildman–Crippen LogP) is 8.38. The highest BCUT2D eigenvalue weighted by molar-refractivity contribution is 7.33. The van der Waals surface area contributed by atoms with Gasteiger partial charge >= 0.3 is 0 Å². The fourth-order valence-electron chi connectivity index (χ4n) is 5.08. The summed E-state index contributed by atoms with van der Waals surface area (Å²) in [6, 6.07) is 26.7. The molecule has 0 aliphatic carbocycles. The molecule has 0 saturated heterocycles. The van der Waals surface area contributed by atoms with Gasteiger partial charge in [-0.3, -0.25) is 4.40 Å². The fourth-order valence-corrected chi connectivity index (χ4v) is 7.64. The Morgan fingerprint density at radius 2 is 1.29 bits per heavy atom. The zero-order valence-electron chi connectivity index (χ0n) is 16.3. The van der Waals surface area contributed by atoms with Gasteiger partial charge in [-0.1, -0.05) is 54.6 Å². The molecule has 4 aromatic heterocycles. The van der Waals surface area contributed by atoms with Crippen LogP contribution >= 0.6 is 22.7 Å². The summed E-state index contributed by atoms with van der Waals surface area (Å²) < 4.78 is 7.74. The van der Waals surface area contributed by atoms with Crippen molar-refractivity contribution in [1.29, 1.82) is 0 Å². The van der Waals surface area contributed by atoms with Gasteiger partial charge < -0.3 is 0 Å². The molecule has 0 amide bonds. The van der Waals surface area contributed by atoms with E-state index in [1.54, 1.807) is 0 Å². The average molecular weight is 431 g/mol. The van der Waals surface area contributed by atoms with Crippen LogP contribution in [0.3, 0.4) is 0 Å². The van der Waals surface area contributed by atoms with Crippen LogP contribution in [0.15, 0.2) is 85.2 Å². The largest absolute Gasteiger partial charge is 0.299 e. The van der Waals surface area contributed by atoms with Gasteiger partial charge in [-0.2, -0.15) is 0 Å². The molecule has 0 aliphatic heterocycles. The van der Waals surface area contributed by atoms with E-state index in [2.05, 4.69) is 88.4 Å². The second-order valence-corrected chi connectivity index (χ2v) is 10.2. The summed E-state index contributed by atoms with van der Waals surface area (Å²) in [4.78, 5) is 4.66. The third kappa shape index (κ3) is 1.99. The molecule has 0 aliphatic rings. The summed E-state index contributed by atoms with van der Waals surface area (Å²) in [5, 5.41) is 9.16. The summed E-state index contributed by atoms with van der Waals surface area (Å²) in [5.41, 5.74) is 2.24. The van der Waals surface area contributed by atoms with Crippen LogP contribution in [0.2, 0.25) is 0 Å². The SMILES string of the molecule is c1ccc2c(c1)sc1c2ccc2c3cc4c(cc3sc21)c1ccccc1c1nccn41. The lowest BCUT2D eigenvalue weighted by Crippen LogP contribution is -1.90. The Labute approximate surface area is 184 Å². The second-order valence-electron chi connectivity index (χ2n) is 8.05. The molecule has 0 unspecified atom stereocenters. The number of fused-ring (bicyclic) bond motifs is 13. The Bertz CT molecular complexity index is 2000. The first-order valence-corrected chi connectivity index (χ1v) is 11.9. The molecule has 4 heteroatoms. The highest BCUT2D eigenvalue weighted by Gasteiger charge is 2.15. The monoisotopic (exact) mass is 430 g/mol. The summed E-state index contributed by atoms with van der Waals surface area (Å²) in [7, 11) is 0. The van der Waals surface area contributed by atoms with Crippen molar-refractivity contribution < 1.29 is 0 Å². The van der Waals surface area contributed by atoms with E-state index in [0.29, 0.717) is 0 Å². The molecule has 0 N–H and O–H groups in total. The first-order chi connectivity index (χ1) is 15.4. The van der Waals surface area contributed by atoms with Crippen molar-refractivity contribution in [1.82, 2.24) is 9.38 Å². The molecule has 0 spiro atoms. The van der Waals surface area contributed by atoms with Crippen LogP contribution in [0.4, 0.5) is 0 Å². The van der Waals surface area contributed by atoms with E-state index < -0.39 is 0 Å². The van der Waals surface area contributed by atoms with Crippen molar-refractivity contribution in [2.24, 2.45) is 0 Å². The fraction of sp³-hybridized carbons (Fsp3) is 0. The smallest absolute Gasteiger partial charge is 0.145 e. The molecule has 0 atom stereocenters. The van der Waals surface area contributed by atoms with E-state index in [-0.39, 0.29) is 0 Å². The number of pyridine rings is 1. The molecule has 0 radical (unpaired) electrons. The van der Waals surface area contributed by atoms with Gasteiger partial charge in [0.1, 0.15) is 5.65 Å². The van der Waals surface area contributed by atoms with Gasteiger partial charge in [0.05, 0.1) is 14.9 Å². The number of hydrogen-bond acceptors (Lipinski definition) is 3. The number of benzene rings is 4. The van der Waals surface area contributed by atoms with Crippen LogP contribution in [0.5, 0.6) is 0 Å². The maximum atomic E-state index is 4.66. The number of hydrogen-bond donors (Lipinski definition) is 0. The van der Waals surface area contributed by atoms with Gasteiger partial charge in [0.15, 0.2) is 0 Å². The zero-order chi connectivity index (χ0) is 20.1. The standard InChI is InChI=1S/C27H14N2S2/c1-2-7-19-15(5-1)20-14-24-21(13-22(20)29-12-11-28-27(19)29)18-10-9-17-16-6-3-4-8-23(16)30-25(17)26(18)31-24/h1-14H. The van der Waals surface area contributed by atoms with Crippen LogP contribution in [0.25, 0.3) is 67.7 Å². The molecular formula is C27H14N2S2. The van der Waals surface area contributed by atoms with Gasteiger partial charge in [0.2, 0.25) is 0 Å². The Kier molecular flexibility index (Phi) is 2.94. The molecule has 144 valence electrons. The van der Waals surface area contributed by atoms with Crippen molar-refractivity contribution in [2.45, 2.75) is 0 Å². The Hall–Kier alpha value is -3.47. The highest BCUT2D eigenvalue weighted by Crippen LogP contribution is 2.45. The van der Waals surface area contributed by atoms with Gasteiger partial charge in [-0.25, -0.2) is 4.98 Å². The lowest BCUT2D eigenvalue weighted by molar-refractivity contribution is 1.28. The molecule has 8 rings (SSSR count). The van der Waals surface area contributed by atoms with E-state index in [1.165, 1.54) is 62.0 Å². The van der Waals surface area contributed by atoms with E-state index in [4.69, 9.17) is 0 Å². The molecule has 31 heavy (non-hydrogen) atoms. The zero-order valence-corrected chi connectivity index (χ0v) is 17.9. The summed E-state index contributed by atoms with van der Waals surface area (Å²) in [5.74, 6) is 0. The number of rotatable bonds is 0. The molecule has 0 fully saturated rings. The van der Waals surface area contributed by atoms with Gasteiger partial charge in [-0.15, -0.1) is 22.7 Å². The minimum atomic E-state index is 1.02. The summed E-state index contributed by atoms with van der Waals surface area (Å²) in [6.45, 7) is 0. The average Bonchev–Trinajstić information content (AvgIpc) is 3.53. The number of imidazole rings is 1. The topological polar surface area (TPSA) is 17.3 Å². The van der Waals surface area contributed by atoms with Crippen LogP contribution in [-0.2, 0) is 0 Å². The first-order valence-electron chi connectivity index (χ1n) is 10.3. The summed E-state index contributed by atoms with van der Waals surface area (Å²) in [6.07, 6.45) is 3.98. The second kappa shape index (κ2) is 5.61. The van der Waals surface area contributed by atoms with Gasteiger partial charge in [-0.05, 0) is 23.6 Å². The molecule has 8 aromatic rings. The third-order valence-corrected chi connectivity index (χ3v) is 8.98. The van der Waals surface area contributed by atoms with Crippen molar-refractivity contribution in [3.8, 4) is 0 Å². The maximum Gasteiger partial charge on any atom is 0.145 e. The maximum absolute atomic E-state index is 4.66. The van der Waals surface area contributed by atoms with Gasteiger partial charge in [0, 0.05) is 54.1 Å². The van der Waals surface area contributed by atoms with Crippen LogP contribution < -0.4 is 0 Å². The number of aromatic nitrogens is 2. The molecular weight excluding hydrogens is 416 g/mol. The van der Waals surface area contributed by atoms with Crippen molar-refractivity contribution in [2.75, 3.05) is 0 Å². The number of thiophene rings is 2. The molecule has 2 nitrogen and oxygen atoms in total. The van der Waals surface area contributed by atoms with E-state index in [9.17, 15) is 0 Å². The Balaban J connectivity index is 1.61. The lowest BCUT2D eigenvalue weighted by atomic mass is 10.0. The van der Waals surface area contributed by atoms with Crippen molar-refractivity contribution in [3.05, 3.63) is 85.2 Å². The van der Waals surface area contributed by atoms with Crippen molar-refractivity contribution in [3.63, 3.8) is 0 Å². The van der Waals surface area contributed by atoms with E-state index >= 15 is 0 Å². The molecule has 0 bridgehead atoms. The van der Waals surface area contributed by atoms with Crippen molar-refractivity contribution >= 4 is 90.3 Å². The van der Waals surface area contributed by atoms with Crippen LogP contribution in [-0.4, -0.2) is 9.38 Å². The predicted molar refractivity (Wildman–Crippen MR) is 136 cm³/mol. The van der Waals surface area contributed by atoms with E-state index in [0.717, 1.165) is 5.65 Å². The lowest BCUT2D eigenvalue weighted by Gasteiger charge is -2.08. The van der Waals surface area contributed by atoms with Crippen LogP contribution in [0.1, 0.15) is 0 Å². The molecule has 0 saturated carbocycles. The Morgan fingerprint density at radius 1 is 0.581 bits per heavy atom. The first kappa shape index (κ1) is 16.3. The van der Waals surface area contributed by atoms with E-state index in [1.807, 2.05) is 28.9 Å². The Morgan fingerprint density at radius 3 is 2.16 bits per heavy atom. The summed E-state index contributed by atoms with van der Waals surface area (Å²) >= 11 is 3.84. The van der Waals surface area contributed by atoms with Gasteiger partial charge in [0.25, 0.3) is 0 Å². The number of nitrogens with zero attached hydrogens (tertiary/aromatic N) is 2. The minimum absolute atomic E-state index is 1.02. The normalized spacial score (nSPS) is 12.5.